The third-order valence-electron chi connectivity index (χ3n) is 2.95. The first-order valence-corrected chi connectivity index (χ1v) is 6.69. The van der Waals surface area contributed by atoms with Crippen molar-refractivity contribution in [2.75, 3.05) is 4.90 Å². The number of hydrogen-bond acceptors (Lipinski definition) is 2. The summed E-state index contributed by atoms with van der Waals surface area (Å²) in [5.74, 6) is -0.307. The molecule has 0 spiro atoms. The molecule has 116 valence electrons. The molecule has 6 heteroatoms. The van der Waals surface area contributed by atoms with Gasteiger partial charge < -0.3 is 17.2 Å². The Kier molecular flexibility index (Phi) is 5.95. The molecule has 0 fully saturated rings. The number of para-hydroxylation sites is 2. The summed E-state index contributed by atoms with van der Waals surface area (Å²) in [6.07, 6.45) is 0. The summed E-state index contributed by atoms with van der Waals surface area (Å²) >= 11 is 0. The number of nitrogens with zero attached hydrogens (tertiary/aromatic N) is 1. The van der Waals surface area contributed by atoms with Crippen LogP contribution < -0.4 is 22.1 Å². The van der Waals surface area contributed by atoms with Crippen molar-refractivity contribution >= 4 is 23.3 Å². The minimum Gasteiger partial charge on any atom is -0.370 e. The van der Waals surface area contributed by atoms with E-state index in [1.165, 1.54) is 0 Å². The number of guanidine groups is 2. The average Bonchev–Trinajstić information content (AvgIpc) is 2.42. The van der Waals surface area contributed by atoms with E-state index in [4.69, 9.17) is 16.6 Å². The summed E-state index contributed by atoms with van der Waals surface area (Å²) in [5.41, 5.74) is 18.8. The summed E-state index contributed by atoms with van der Waals surface area (Å²) in [7, 11) is 0. The normalized spacial score (nSPS) is 9.36. The molecule has 0 aliphatic heterocycles. The topological polar surface area (TPSA) is 129 Å². The molecule has 0 aliphatic rings. The van der Waals surface area contributed by atoms with E-state index >= 15 is 0 Å². The third kappa shape index (κ3) is 4.52. The second-order valence-electron chi connectivity index (χ2n) is 4.75. The van der Waals surface area contributed by atoms with E-state index in [1.54, 1.807) is 4.90 Å². The number of nitrogens with one attached hydrogen (secondary N) is 2. The van der Waals surface area contributed by atoms with Crippen LogP contribution in [-0.2, 0) is 0 Å². The Morgan fingerprint density at radius 3 is 1.36 bits per heavy atom. The van der Waals surface area contributed by atoms with Crippen LogP contribution in [0.1, 0.15) is 11.1 Å². The monoisotopic (exact) mass is 298 g/mol. The van der Waals surface area contributed by atoms with Gasteiger partial charge in [0, 0.05) is 0 Å². The summed E-state index contributed by atoms with van der Waals surface area (Å²) < 4.78 is 0. The van der Waals surface area contributed by atoms with Gasteiger partial charge in [0.15, 0.2) is 11.9 Å². The molecule has 0 bridgehead atoms. The van der Waals surface area contributed by atoms with E-state index in [0.717, 1.165) is 22.5 Å². The van der Waals surface area contributed by atoms with Gasteiger partial charge in [-0.05, 0) is 37.1 Å². The lowest BCUT2D eigenvalue weighted by molar-refractivity contribution is 1.21. The largest absolute Gasteiger partial charge is 0.370 e. The molecule has 2 rings (SSSR count). The summed E-state index contributed by atoms with van der Waals surface area (Å²) in [4.78, 5) is 1.77. The van der Waals surface area contributed by atoms with Gasteiger partial charge in [0.25, 0.3) is 0 Å². The Hall–Kier alpha value is -3.02. The fraction of sp³-hybridized carbons (Fsp3) is 0.125. The summed E-state index contributed by atoms with van der Waals surface area (Å²) in [5, 5.41) is 13.9. The highest BCUT2D eigenvalue weighted by molar-refractivity contribution is 6.01. The van der Waals surface area contributed by atoms with Crippen LogP contribution in [0.5, 0.6) is 0 Å². The highest BCUT2D eigenvalue weighted by Gasteiger charge is 2.15. The zero-order valence-corrected chi connectivity index (χ0v) is 12.8. The lowest BCUT2D eigenvalue weighted by Crippen LogP contribution is -2.33. The molecule has 0 radical (unpaired) electrons. The SMILES string of the molecule is Cc1ccccc1N(C(=N)N)c1ccccc1C.N=C(N)N. The Balaban J connectivity index is 0.000000541. The molecule has 0 saturated carbocycles. The molecular formula is C16H22N6. The van der Waals surface area contributed by atoms with Crippen LogP contribution in [0, 0.1) is 24.7 Å². The first-order valence-electron chi connectivity index (χ1n) is 6.69. The second kappa shape index (κ2) is 7.68. The minimum atomic E-state index is -0.333. The quantitative estimate of drug-likeness (QED) is 0.430. The lowest BCUT2D eigenvalue weighted by Gasteiger charge is -2.26. The molecule has 0 heterocycles. The van der Waals surface area contributed by atoms with Gasteiger partial charge in [0.2, 0.25) is 0 Å². The maximum Gasteiger partial charge on any atom is 0.197 e. The van der Waals surface area contributed by atoms with E-state index in [2.05, 4.69) is 11.5 Å². The zero-order chi connectivity index (χ0) is 16.7. The maximum atomic E-state index is 7.82. The number of aryl methyl sites for hydroxylation is 2. The van der Waals surface area contributed by atoms with E-state index in [1.807, 2.05) is 62.4 Å². The fourth-order valence-electron chi connectivity index (χ4n) is 2.02. The van der Waals surface area contributed by atoms with Crippen LogP contribution >= 0.6 is 0 Å². The predicted molar refractivity (Wildman–Crippen MR) is 92.5 cm³/mol. The molecule has 0 atom stereocenters. The Morgan fingerprint density at radius 2 is 1.09 bits per heavy atom. The Morgan fingerprint density at radius 1 is 0.773 bits per heavy atom. The van der Waals surface area contributed by atoms with E-state index in [0.29, 0.717) is 0 Å². The van der Waals surface area contributed by atoms with Gasteiger partial charge in [-0.15, -0.1) is 0 Å². The van der Waals surface area contributed by atoms with E-state index in [9.17, 15) is 0 Å². The number of nitrogens with two attached hydrogens (primary N) is 3. The van der Waals surface area contributed by atoms with Gasteiger partial charge in [-0.2, -0.15) is 0 Å². The van der Waals surface area contributed by atoms with Crippen molar-refractivity contribution in [1.82, 2.24) is 0 Å². The number of rotatable bonds is 2. The zero-order valence-electron chi connectivity index (χ0n) is 12.8. The Labute approximate surface area is 130 Å². The fourth-order valence-corrected chi connectivity index (χ4v) is 2.02. The van der Waals surface area contributed by atoms with Crippen molar-refractivity contribution in [2.45, 2.75) is 13.8 Å². The van der Waals surface area contributed by atoms with Gasteiger partial charge in [0.05, 0.1) is 11.4 Å². The maximum absolute atomic E-state index is 7.82. The highest BCUT2D eigenvalue weighted by Crippen LogP contribution is 2.29. The first-order chi connectivity index (χ1) is 10.3. The molecule has 0 unspecified atom stereocenters. The summed E-state index contributed by atoms with van der Waals surface area (Å²) in [6.45, 7) is 4.03. The molecule has 2 aromatic rings. The molecule has 0 amide bonds. The average molecular weight is 298 g/mol. The highest BCUT2D eigenvalue weighted by atomic mass is 15.2. The molecule has 0 aliphatic carbocycles. The van der Waals surface area contributed by atoms with Crippen LogP contribution in [0.15, 0.2) is 48.5 Å². The van der Waals surface area contributed by atoms with Crippen molar-refractivity contribution in [2.24, 2.45) is 17.2 Å². The second-order valence-corrected chi connectivity index (χ2v) is 4.75. The van der Waals surface area contributed by atoms with Gasteiger partial charge in [-0.1, -0.05) is 36.4 Å². The predicted octanol–water partition coefficient (Wildman–Crippen LogP) is 2.17. The van der Waals surface area contributed by atoms with Crippen molar-refractivity contribution in [1.29, 1.82) is 10.8 Å². The van der Waals surface area contributed by atoms with E-state index < -0.39 is 0 Å². The third-order valence-corrected chi connectivity index (χ3v) is 2.95. The van der Waals surface area contributed by atoms with Gasteiger partial charge in [-0.3, -0.25) is 15.7 Å². The van der Waals surface area contributed by atoms with Crippen LogP contribution in [0.2, 0.25) is 0 Å². The van der Waals surface area contributed by atoms with Crippen LogP contribution in [0.4, 0.5) is 11.4 Å². The number of hydrogen-bond donors (Lipinski definition) is 5. The minimum absolute atomic E-state index is 0.0265. The first kappa shape index (κ1) is 17.0. The van der Waals surface area contributed by atoms with Crippen molar-refractivity contribution in [3.8, 4) is 0 Å². The molecule has 22 heavy (non-hydrogen) atoms. The molecule has 2 aromatic carbocycles. The summed E-state index contributed by atoms with van der Waals surface area (Å²) in [6, 6.07) is 15.9. The van der Waals surface area contributed by atoms with Gasteiger partial charge in [0.1, 0.15) is 0 Å². The lowest BCUT2D eigenvalue weighted by atomic mass is 10.1. The smallest absolute Gasteiger partial charge is 0.197 e. The van der Waals surface area contributed by atoms with Crippen LogP contribution in [-0.4, -0.2) is 11.9 Å². The number of anilines is 2. The molecule has 0 saturated heterocycles. The van der Waals surface area contributed by atoms with Crippen molar-refractivity contribution < 1.29 is 0 Å². The Bertz CT molecular complexity index is 616. The number of benzene rings is 2. The van der Waals surface area contributed by atoms with Crippen LogP contribution in [0.25, 0.3) is 0 Å². The van der Waals surface area contributed by atoms with Crippen molar-refractivity contribution in [3.63, 3.8) is 0 Å². The molecular weight excluding hydrogens is 276 g/mol. The van der Waals surface area contributed by atoms with E-state index in [-0.39, 0.29) is 11.9 Å². The molecule has 6 nitrogen and oxygen atoms in total. The standard InChI is InChI=1S/C15H17N3.CH5N3/c1-11-7-3-5-9-13(11)18(15(16)17)14-10-6-4-8-12(14)2;2-1(3)4/h3-10H,1-2H3,(H3,16,17);(H5,2,3,4). The van der Waals surface area contributed by atoms with Gasteiger partial charge >= 0.3 is 0 Å². The van der Waals surface area contributed by atoms with Crippen molar-refractivity contribution in [3.05, 3.63) is 59.7 Å². The van der Waals surface area contributed by atoms with Gasteiger partial charge in [-0.25, -0.2) is 0 Å². The molecule has 8 N–H and O–H groups in total. The molecule has 0 aromatic heterocycles. The van der Waals surface area contributed by atoms with Crippen LogP contribution in [0.3, 0.4) is 0 Å².